The van der Waals surface area contributed by atoms with Gasteiger partial charge in [-0.1, -0.05) is 17.7 Å². The van der Waals surface area contributed by atoms with Gasteiger partial charge in [0.25, 0.3) is 5.91 Å². The van der Waals surface area contributed by atoms with Gasteiger partial charge >= 0.3 is 6.09 Å². The smallest absolute Gasteiger partial charge is 0.414 e. The van der Waals surface area contributed by atoms with Gasteiger partial charge in [0.2, 0.25) is 5.91 Å². The molecule has 0 aliphatic carbocycles. The fraction of sp³-hybridized carbons (Fsp3) is 0.552. The highest BCUT2D eigenvalue weighted by Gasteiger charge is 2.42. The monoisotopic (exact) mass is 568 g/mol. The SMILES string of the molecule is CC(=O)N1CC(OC(=O)N(CCCN2CC3CN(C(=O)c4c(C)ncnc4C)CC3C2)c2ccc(C)c(Cl)c2)C1. The van der Waals surface area contributed by atoms with Crippen LogP contribution in [0.1, 0.15) is 40.7 Å². The number of anilines is 1. The molecule has 1 aromatic carbocycles. The quantitative estimate of drug-likeness (QED) is 0.505. The predicted molar refractivity (Wildman–Crippen MR) is 152 cm³/mol. The molecule has 4 heterocycles. The van der Waals surface area contributed by atoms with E-state index in [0.717, 1.165) is 56.1 Å². The average Bonchev–Trinajstić information content (AvgIpc) is 3.44. The van der Waals surface area contributed by atoms with E-state index in [-0.39, 0.29) is 17.9 Å². The van der Waals surface area contributed by atoms with Gasteiger partial charge < -0.3 is 19.4 Å². The van der Waals surface area contributed by atoms with Crippen molar-refractivity contribution < 1.29 is 19.1 Å². The molecule has 3 saturated heterocycles. The van der Waals surface area contributed by atoms with Crippen LogP contribution < -0.4 is 4.90 Å². The van der Waals surface area contributed by atoms with Crippen molar-refractivity contribution in [1.29, 1.82) is 0 Å². The van der Waals surface area contributed by atoms with Crippen LogP contribution in [0, 0.1) is 32.6 Å². The van der Waals surface area contributed by atoms with Gasteiger partial charge in [-0.25, -0.2) is 14.8 Å². The zero-order valence-electron chi connectivity index (χ0n) is 23.6. The Morgan fingerprint density at radius 1 is 0.975 bits per heavy atom. The molecule has 0 saturated carbocycles. The second kappa shape index (κ2) is 11.7. The van der Waals surface area contributed by atoms with E-state index in [1.54, 1.807) is 15.9 Å². The Morgan fingerprint density at radius 3 is 2.23 bits per heavy atom. The van der Waals surface area contributed by atoms with E-state index in [1.165, 1.54) is 13.3 Å². The molecule has 3 aliphatic heterocycles. The molecule has 1 aromatic heterocycles. The Labute approximate surface area is 240 Å². The molecule has 5 rings (SSSR count). The first kappa shape index (κ1) is 28.3. The maximum Gasteiger partial charge on any atom is 0.414 e. The Kier molecular flexibility index (Phi) is 8.28. The lowest BCUT2D eigenvalue weighted by atomic mass is 10.0. The Balaban J connectivity index is 1.15. The molecule has 10 nitrogen and oxygen atoms in total. The molecule has 3 fully saturated rings. The molecule has 2 atom stereocenters. The number of benzene rings is 1. The number of nitrogens with zero attached hydrogens (tertiary/aromatic N) is 6. The van der Waals surface area contributed by atoms with Crippen molar-refractivity contribution in [2.45, 2.75) is 40.2 Å². The van der Waals surface area contributed by atoms with Crippen LogP contribution >= 0.6 is 11.6 Å². The van der Waals surface area contributed by atoms with Crippen LogP contribution in [0.25, 0.3) is 0 Å². The molecule has 0 N–H and O–H groups in total. The minimum Gasteiger partial charge on any atom is -0.442 e. The van der Waals surface area contributed by atoms with Crippen LogP contribution in [0.3, 0.4) is 0 Å². The Bertz CT molecular complexity index is 1270. The summed E-state index contributed by atoms with van der Waals surface area (Å²) in [5, 5.41) is 0.598. The third kappa shape index (κ3) is 5.93. The van der Waals surface area contributed by atoms with Crippen LogP contribution in [0.5, 0.6) is 0 Å². The number of hydrogen-bond acceptors (Lipinski definition) is 7. The van der Waals surface area contributed by atoms with Crippen molar-refractivity contribution in [3.63, 3.8) is 0 Å². The maximum absolute atomic E-state index is 13.2. The fourth-order valence-electron chi connectivity index (χ4n) is 6.00. The van der Waals surface area contributed by atoms with Gasteiger partial charge in [-0.15, -0.1) is 0 Å². The van der Waals surface area contributed by atoms with Gasteiger partial charge in [-0.05, 0) is 63.3 Å². The van der Waals surface area contributed by atoms with Gasteiger partial charge in [-0.2, -0.15) is 0 Å². The number of fused-ring (bicyclic) bond motifs is 1. The molecule has 214 valence electrons. The molecular formula is C29H37ClN6O4. The summed E-state index contributed by atoms with van der Waals surface area (Å²) in [5.41, 5.74) is 3.71. The minimum absolute atomic E-state index is 0.0170. The molecule has 40 heavy (non-hydrogen) atoms. The highest BCUT2D eigenvalue weighted by molar-refractivity contribution is 6.31. The zero-order chi connectivity index (χ0) is 28.6. The number of likely N-dealkylation sites (tertiary alicyclic amines) is 3. The molecule has 3 aliphatic rings. The van der Waals surface area contributed by atoms with E-state index in [2.05, 4.69) is 14.9 Å². The number of carbonyl (C=O) groups is 3. The minimum atomic E-state index is -0.420. The van der Waals surface area contributed by atoms with E-state index < -0.39 is 6.09 Å². The summed E-state index contributed by atoms with van der Waals surface area (Å²) < 4.78 is 5.71. The van der Waals surface area contributed by atoms with Crippen LogP contribution in [0.4, 0.5) is 10.5 Å². The third-order valence-electron chi connectivity index (χ3n) is 8.39. The van der Waals surface area contributed by atoms with E-state index >= 15 is 0 Å². The third-order valence-corrected chi connectivity index (χ3v) is 8.80. The van der Waals surface area contributed by atoms with Crippen molar-refractivity contribution in [2.75, 3.05) is 57.3 Å². The molecular weight excluding hydrogens is 532 g/mol. The summed E-state index contributed by atoms with van der Waals surface area (Å²) >= 11 is 6.38. The molecule has 0 bridgehead atoms. The van der Waals surface area contributed by atoms with Crippen LogP contribution in [0.15, 0.2) is 24.5 Å². The van der Waals surface area contributed by atoms with Crippen LogP contribution in [-0.2, 0) is 9.53 Å². The number of aryl methyl sites for hydroxylation is 3. The zero-order valence-corrected chi connectivity index (χ0v) is 24.4. The van der Waals surface area contributed by atoms with Gasteiger partial charge in [0, 0.05) is 50.4 Å². The normalized spacial score (nSPS) is 20.8. The van der Waals surface area contributed by atoms with Crippen molar-refractivity contribution in [1.82, 2.24) is 24.7 Å². The lowest BCUT2D eigenvalue weighted by Gasteiger charge is -2.38. The Morgan fingerprint density at radius 2 is 1.62 bits per heavy atom. The molecule has 3 amide bonds. The van der Waals surface area contributed by atoms with Gasteiger partial charge in [0.05, 0.1) is 30.0 Å². The van der Waals surface area contributed by atoms with Crippen molar-refractivity contribution >= 4 is 35.2 Å². The largest absolute Gasteiger partial charge is 0.442 e. The molecule has 0 spiro atoms. The van der Waals surface area contributed by atoms with Crippen molar-refractivity contribution in [3.8, 4) is 0 Å². The summed E-state index contributed by atoms with van der Waals surface area (Å²) in [6.07, 6.45) is 1.56. The summed E-state index contributed by atoms with van der Waals surface area (Å²) in [4.78, 5) is 54.0. The number of halogens is 1. The summed E-state index contributed by atoms with van der Waals surface area (Å²) in [6.45, 7) is 12.7. The topological polar surface area (TPSA) is 99.2 Å². The van der Waals surface area contributed by atoms with Crippen molar-refractivity contribution in [3.05, 3.63) is 52.1 Å². The highest BCUT2D eigenvalue weighted by Crippen LogP contribution is 2.33. The first-order chi connectivity index (χ1) is 19.1. The van der Waals surface area contributed by atoms with E-state index in [9.17, 15) is 14.4 Å². The van der Waals surface area contributed by atoms with Gasteiger partial charge in [0.15, 0.2) is 0 Å². The standard InChI is InChI=1S/C29H37ClN6O4/c1-18-6-7-24(10-26(18)30)36(29(39)40-25-15-34(16-25)21(4)37)9-5-8-33-11-22-13-35(14-23(22)12-33)28(38)27-19(2)31-17-32-20(27)3/h6-7,10,17,22-23,25H,5,8-9,11-16H2,1-4H3. The average molecular weight is 569 g/mol. The number of hydrogen-bond donors (Lipinski definition) is 0. The number of aromatic nitrogens is 2. The number of amides is 3. The molecule has 2 aromatic rings. The van der Waals surface area contributed by atoms with E-state index in [4.69, 9.17) is 16.3 Å². The number of carbonyl (C=O) groups excluding carboxylic acids is 3. The highest BCUT2D eigenvalue weighted by atomic mass is 35.5. The Hall–Kier alpha value is -3.24. The first-order valence-corrected chi connectivity index (χ1v) is 14.3. The summed E-state index contributed by atoms with van der Waals surface area (Å²) in [5.74, 6) is 0.889. The molecule has 0 radical (unpaired) electrons. The lowest BCUT2D eigenvalue weighted by molar-refractivity contribution is -0.138. The van der Waals surface area contributed by atoms with E-state index in [1.807, 2.05) is 37.8 Å². The second-order valence-corrected chi connectivity index (χ2v) is 11.7. The lowest BCUT2D eigenvalue weighted by Crippen LogP contribution is -2.55. The summed E-state index contributed by atoms with van der Waals surface area (Å²) in [6, 6.07) is 5.59. The molecule has 11 heteroatoms. The van der Waals surface area contributed by atoms with Crippen LogP contribution in [-0.4, -0.2) is 101 Å². The van der Waals surface area contributed by atoms with Crippen LogP contribution in [0.2, 0.25) is 5.02 Å². The summed E-state index contributed by atoms with van der Waals surface area (Å²) in [7, 11) is 0. The number of ether oxygens (including phenoxy) is 1. The molecule has 2 unspecified atom stereocenters. The predicted octanol–water partition coefficient (Wildman–Crippen LogP) is 3.32. The van der Waals surface area contributed by atoms with Gasteiger partial charge in [-0.3, -0.25) is 14.5 Å². The maximum atomic E-state index is 13.2. The first-order valence-electron chi connectivity index (χ1n) is 13.9. The number of rotatable bonds is 7. The van der Waals surface area contributed by atoms with E-state index in [0.29, 0.717) is 47.7 Å². The second-order valence-electron chi connectivity index (χ2n) is 11.3. The van der Waals surface area contributed by atoms with Crippen molar-refractivity contribution in [2.24, 2.45) is 11.8 Å². The van der Waals surface area contributed by atoms with Gasteiger partial charge in [0.1, 0.15) is 12.4 Å². The fourth-order valence-corrected chi connectivity index (χ4v) is 6.18.